The van der Waals surface area contributed by atoms with E-state index in [0.29, 0.717) is 135 Å². The summed E-state index contributed by atoms with van der Waals surface area (Å²) in [5.41, 5.74) is 1.30. The fraction of sp³-hybridized carbons (Fsp3) is 1.00. The fourth-order valence-electron chi connectivity index (χ4n) is 10.9. The summed E-state index contributed by atoms with van der Waals surface area (Å²) < 4.78 is 60.6. The zero-order chi connectivity index (χ0) is 94.7. The van der Waals surface area contributed by atoms with E-state index in [1.165, 1.54) is 19.3 Å². The molecule has 0 amide bonds. The van der Waals surface area contributed by atoms with E-state index in [4.69, 9.17) is 77.6 Å². The Balaban J connectivity index is -0.000000255. The van der Waals surface area contributed by atoms with Crippen molar-refractivity contribution in [2.24, 2.45) is 65.0 Å². The third-order valence-corrected chi connectivity index (χ3v) is 19.2. The van der Waals surface area contributed by atoms with Crippen LogP contribution in [0.25, 0.3) is 0 Å². The third-order valence-electron chi connectivity index (χ3n) is 19.2. The van der Waals surface area contributed by atoms with Gasteiger partial charge in [0.25, 0.3) is 0 Å². The Hall–Kier alpha value is -0.880. The smallest absolute Gasteiger partial charge is 0.100 e. The second-order valence-corrected chi connectivity index (χ2v) is 45.1. The Labute approximate surface area is 748 Å². The Bertz CT molecular complexity index is 1960. The fourth-order valence-corrected chi connectivity index (χ4v) is 10.9. The van der Waals surface area contributed by atoms with Gasteiger partial charge < -0.3 is 108 Å². The first-order chi connectivity index (χ1) is 55.8. The molecule has 11 N–H and O–H groups in total. The molecule has 0 bridgehead atoms. The van der Waals surface area contributed by atoms with Gasteiger partial charge in [-0.05, 0) is 217 Å². The van der Waals surface area contributed by atoms with Gasteiger partial charge in [0.1, 0.15) is 6.10 Å². The molecule has 0 saturated carbocycles. The van der Waals surface area contributed by atoms with Gasteiger partial charge in [0.2, 0.25) is 0 Å². The molecule has 0 aromatic heterocycles. The highest BCUT2D eigenvalue weighted by Gasteiger charge is 2.32. The molecule has 0 aliphatic heterocycles. The number of hydrogen-bond donors (Lipinski definition) is 11. The predicted molar refractivity (Wildman–Crippen MR) is 504 cm³/mol. The summed E-state index contributed by atoms with van der Waals surface area (Å²) >= 11 is 0. The first kappa shape index (κ1) is 133. The van der Waals surface area contributed by atoms with Crippen LogP contribution in [0.15, 0.2) is 0 Å². The quantitative estimate of drug-likeness (QED) is 0.0252. The van der Waals surface area contributed by atoms with Gasteiger partial charge in [-0.1, -0.05) is 194 Å². The van der Waals surface area contributed by atoms with Crippen LogP contribution in [0.1, 0.15) is 362 Å². The molecule has 0 aromatic carbocycles. The summed E-state index contributed by atoms with van der Waals surface area (Å²) in [5, 5.41) is 101. The van der Waals surface area contributed by atoms with Crippen molar-refractivity contribution < 1.29 is 108 Å². The molecule has 0 aliphatic carbocycles. The van der Waals surface area contributed by atoms with Gasteiger partial charge in [0, 0.05) is 105 Å². The van der Waals surface area contributed by atoms with Crippen LogP contribution < -0.4 is 0 Å². The molecule has 3 atom stereocenters. The Morgan fingerprint density at radius 3 is 0.620 bits per heavy atom. The number of hydrogen-bond acceptors (Lipinski definition) is 22. The van der Waals surface area contributed by atoms with Crippen LogP contribution in [0.3, 0.4) is 0 Å². The highest BCUT2D eigenvalue weighted by atomic mass is 16.5. The molecule has 0 fully saturated rings. The average molecular weight is 1750 g/mol. The molecular weight excluding hydrogens is 1540 g/mol. The van der Waals surface area contributed by atoms with Gasteiger partial charge >= 0.3 is 0 Å². The minimum atomic E-state index is -0.727. The summed E-state index contributed by atoms with van der Waals surface area (Å²) in [7, 11) is 0. The lowest BCUT2D eigenvalue weighted by Gasteiger charge is -2.29. The van der Waals surface area contributed by atoms with E-state index >= 15 is 0 Å². The molecule has 0 rings (SSSR count). The van der Waals surface area contributed by atoms with Crippen molar-refractivity contribution in [2.45, 2.75) is 380 Å². The van der Waals surface area contributed by atoms with Gasteiger partial charge in [-0.3, -0.25) is 0 Å². The predicted octanol–water partition coefficient (Wildman–Crippen LogP) is 18.9. The maximum absolute atomic E-state index is 9.63. The maximum Gasteiger partial charge on any atom is 0.100 e. The summed E-state index contributed by atoms with van der Waals surface area (Å²) in [5.74, 6) is 0. The van der Waals surface area contributed by atoms with Crippen molar-refractivity contribution >= 4 is 0 Å². The van der Waals surface area contributed by atoms with Crippen molar-refractivity contribution in [2.75, 3.05) is 198 Å². The van der Waals surface area contributed by atoms with Crippen LogP contribution in [-0.4, -0.2) is 273 Å². The van der Waals surface area contributed by atoms with Crippen LogP contribution in [0.2, 0.25) is 0 Å². The first-order valence-electron chi connectivity index (χ1n) is 47.1. The lowest BCUT2D eigenvalue weighted by molar-refractivity contribution is -0.0787. The number of aliphatic hydroxyl groups is 11. The molecule has 740 valence electrons. The molecular formula is C99H212O22. The summed E-state index contributed by atoms with van der Waals surface area (Å²) in [4.78, 5) is 0. The van der Waals surface area contributed by atoms with E-state index in [2.05, 4.69) is 187 Å². The highest BCUT2D eigenvalue weighted by Crippen LogP contribution is 2.29. The van der Waals surface area contributed by atoms with Gasteiger partial charge in [-0.15, -0.1) is 0 Å². The standard InChI is InChI=1S/2C19H40O4.C18H38O4.C13H28O3.C10H22O3.2C10H22O2/c2*1-17(2,3)9-7-11-22-15-19(13-20,14-21)16-23-12-8-10-18(4,5)6;1-18(2,3)10-8-16-21-14-6-4-12-20-13-5-7-15-22-17-9-11-19;1-5-13(9-14,10-15)11-16-8-6-7-12(2,3)4;1-10(2,3)5-4-6-13-8-9(12)7-11;1-9(11)8-12-7-5-6-10(2,3)4;1-9(8-11)12-7-5-6-10(2,3)4/h2*20-21H,7-16H2,1-6H3;19H,4-17H2,1-3H3;14-15H,5-11H2,1-4H3;9,11-12H,4-8H2,1-3H3;2*9,11H,5-8H2,1-4H3. The number of aliphatic hydroxyl groups excluding tert-OH is 11. The van der Waals surface area contributed by atoms with Gasteiger partial charge in [-0.2, -0.15) is 0 Å². The summed E-state index contributed by atoms with van der Waals surface area (Å²) in [6.45, 7) is 77.9. The van der Waals surface area contributed by atoms with Crippen molar-refractivity contribution in [3.8, 4) is 0 Å². The maximum atomic E-state index is 9.63. The van der Waals surface area contributed by atoms with Gasteiger partial charge in [-0.25, -0.2) is 0 Å². The van der Waals surface area contributed by atoms with E-state index in [1.54, 1.807) is 6.92 Å². The zero-order valence-electron chi connectivity index (χ0n) is 85.3. The van der Waals surface area contributed by atoms with E-state index in [-0.39, 0.29) is 78.3 Å². The minimum Gasteiger partial charge on any atom is -0.396 e. The average Bonchev–Trinajstić information content (AvgIpc) is 0.893. The lowest BCUT2D eigenvalue weighted by Crippen LogP contribution is -2.40. The van der Waals surface area contributed by atoms with E-state index in [1.807, 2.05) is 13.8 Å². The SMILES string of the molecule is CC(C)(C)CCCOCC(CO)(CO)COCCCC(C)(C)C.CC(C)(C)CCCOCC(CO)(CO)COCCCC(C)(C)C.CC(C)(C)CCCOCC(O)CO.CC(C)(C)CCCOCCCCOCCCCOCCCO.CC(CO)OCCCC(C)(C)C.CC(O)COCCCC(C)(C)C.CCC(CO)(CO)COCCCC(C)(C)C. The highest BCUT2D eigenvalue weighted by molar-refractivity contribution is 4.80. The topological polar surface area (TPSA) is 324 Å². The van der Waals surface area contributed by atoms with Gasteiger partial charge in [0.15, 0.2) is 0 Å². The molecule has 0 aromatic rings. The number of rotatable bonds is 64. The minimum absolute atomic E-state index is 0.00929. The first-order valence-corrected chi connectivity index (χ1v) is 47.1. The normalized spacial score (nSPS) is 13.6. The third kappa shape index (κ3) is 115. The Morgan fingerprint density at radius 2 is 0.421 bits per heavy atom. The molecule has 22 heteroatoms. The molecule has 22 nitrogen and oxygen atoms in total. The van der Waals surface area contributed by atoms with Gasteiger partial charge in [0.05, 0.1) is 122 Å². The number of unbranched alkanes of at least 4 members (excludes halogenated alkanes) is 2. The summed E-state index contributed by atoms with van der Waals surface area (Å²) in [6, 6.07) is 0. The summed E-state index contributed by atoms with van der Waals surface area (Å²) in [6.07, 6.45) is 24.1. The molecule has 0 spiro atoms. The second kappa shape index (κ2) is 78.9. The van der Waals surface area contributed by atoms with E-state index < -0.39 is 22.3 Å². The van der Waals surface area contributed by atoms with Crippen LogP contribution in [0, 0.1) is 65.0 Å². The largest absolute Gasteiger partial charge is 0.396 e. The Morgan fingerprint density at radius 1 is 0.223 bits per heavy atom. The second-order valence-electron chi connectivity index (χ2n) is 45.1. The molecule has 0 radical (unpaired) electrons. The molecule has 0 heterocycles. The molecule has 0 saturated heterocycles. The van der Waals surface area contributed by atoms with Crippen molar-refractivity contribution in [1.82, 2.24) is 0 Å². The monoisotopic (exact) mass is 1750 g/mol. The van der Waals surface area contributed by atoms with Crippen LogP contribution >= 0.6 is 0 Å². The van der Waals surface area contributed by atoms with E-state index in [9.17, 15) is 30.6 Å². The van der Waals surface area contributed by atoms with Crippen LogP contribution in [0.4, 0.5) is 0 Å². The number of ether oxygens (including phenoxy) is 11. The molecule has 121 heavy (non-hydrogen) atoms. The molecule has 0 aliphatic rings. The zero-order valence-corrected chi connectivity index (χ0v) is 85.3. The van der Waals surface area contributed by atoms with E-state index in [0.717, 1.165) is 181 Å². The van der Waals surface area contributed by atoms with Crippen molar-refractivity contribution in [1.29, 1.82) is 0 Å². The molecule has 3 unspecified atom stereocenters. The van der Waals surface area contributed by atoms with Crippen LogP contribution in [0.5, 0.6) is 0 Å². The van der Waals surface area contributed by atoms with Crippen LogP contribution in [-0.2, 0) is 52.1 Å². The van der Waals surface area contributed by atoms with Crippen molar-refractivity contribution in [3.63, 3.8) is 0 Å². The lowest BCUT2D eigenvalue weighted by atomic mass is 9.88. The van der Waals surface area contributed by atoms with Crippen molar-refractivity contribution in [3.05, 3.63) is 0 Å². The Kier molecular flexibility index (Phi) is 86.9.